The van der Waals surface area contributed by atoms with Gasteiger partial charge in [0.05, 0.1) is 0 Å². The van der Waals surface area contributed by atoms with Crippen LogP contribution in [0.4, 0.5) is 0 Å². The van der Waals surface area contributed by atoms with Crippen molar-refractivity contribution in [1.82, 2.24) is 0 Å². The van der Waals surface area contributed by atoms with Crippen LogP contribution >= 0.6 is 0 Å². The Balaban J connectivity index is 3.49. The van der Waals surface area contributed by atoms with Gasteiger partial charge in [0, 0.05) is 12.5 Å². The van der Waals surface area contributed by atoms with Crippen LogP contribution in [0.2, 0.25) is 0 Å². The zero-order chi connectivity index (χ0) is 12.7. The van der Waals surface area contributed by atoms with Crippen LogP contribution in [0, 0.1) is 0 Å². The topological polar surface area (TPSA) is 83.8 Å². The maximum atomic E-state index is 11.4. The molecular formula is C11H13NO4. The fourth-order valence-electron chi connectivity index (χ4n) is 1.68. The van der Waals surface area contributed by atoms with Gasteiger partial charge in [-0.1, -0.05) is 0 Å². The summed E-state index contributed by atoms with van der Waals surface area (Å²) in [6.45, 7) is 5.46. The van der Waals surface area contributed by atoms with Crippen molar-refractivity contribution in [2.45, 2.75) is 33.2 Å². The molecule has 1 heterocycles. The molecule has 86 valence electrons. The lowest BCUT2D eigenvalue weighted by Gasteiger charge is -2.16. The van der Waals surface area contributed by atoms with Gasteiger partial charge in [-0.15, -0.1) is 0 Å². The Morgan fingerprint density at radius 3 is 1.94 bits per heavy atom. The Bertz CT molecular complexity index is 459. The summed E-state index contributed by atoms with van der Waals surface area (Å²) >= 11 is 0. The van der Waals surface area contributed by atoms with Crippen molar-refractivity contribution in [3.63, 3.8) is 0 Å². The fraction of sp³-hybridized carbons (Fsp3) is 0.455. The predicted octanol–water partition coefficient (Wildman–Crippen LogP) is 0.779. The minimum absolute atomic E-state index is 0.0325. The summed E-state index contributed by atoms with van der Waals surface area (Å²) in [5.74, 6) is -1.90. The SMILES string of the molecule is CC(=O)C1=NC(C)(C(=O)O)C(C)=C1C(C)=O. The van der Waals surface area contributed by atoms with Gasteiger partial charge in [0.2, 0.25) is 0 Å². The molecule has 1 aliphatic rings. The molecule has 0 saturated carbocycles. The normalized spacial score (nSPS) is 24.4. The number of allylic oxidation sites excluding steroid dienone is 1. The molecule has 1 unspecified atom stereocenters. The lowest BCUT2D eigenvalue weighted by molar-refractivity contribution is -0.140. The predicted molar refractivity (Wildman–Crippen MR) is 57.5 cm³/mol. The summed E-state index contributed by atoms with van der Waals surface area (Å²) in [5.41, 5.74) is -1.08. The van der Waals surface area contributed by atoms with Crippen LogP contribution in [0.25, 0.3) is 0 Å². The minimum atomic E-state index is -1.50. The van der Waals surface area contributed by atoms with Crippen molar-refractivity contribution >= 4 is 23.2 Å². The molecule has 0 bridgehead atoms. The Hall–Kier alpha value is -1.78. The van der Waals surface area contributed by atoms with E-state index in [1.165, 1.54) is 27.7 Å². The van der Waals surface area contributed by atoms with E-state index in [1.54, 1.807) is 0 Å². The zero-order valence-corrected chi connectivity index (χ0v) is 9.62. The number of carbonyl (C=O) groups excluding carboxylic acids is 2. The lowest BCUT2D eigenvalue weighted by atomic mass is 9.90. The number of hydrogen-bond donors (Lipinski definition) is 1. The number of Topliss-reactive ketones (excluding diaryl/α,β-unsaturated/α-hetero) is 2. The number of hydrogen-bond acceptors (Lipinski definition) is 4. The van der Waals surface area contributed by atoms with Gasteiger partial charge in [0.25, 0.3) is 0 Å². The first kappa shape index (κ1) is 12.3. The second-order valence-corrected chi connectivity index (χ2v) is 3.95. The number of carbonyl (C=O) groups is 3. The fourth-order valence-corrected chi connectivity index (χ4v) is 1.68. The Morgan fingerprint density at radius 2 is 1.69 bits per heavy atom. The van der Waals surface area contributed by atoms with Gasteiger partial charge in [-0.05, 0) is 26.3 Å². The van der Waals surface area contributed by atoms with E-state index < -0.39 is 17.3 Å². The average molecular weight is 223 g/mol. The highest BCUT2D eigenvalue weighted by Crippen LogP contribution is 2.32. The molecule has 0 amide bonds. The van der Waals surface area contributed by atoms with E-state index >= 15 is 0 Å². The van der Waals surface area contributed by atoms with Crippen molar-refractivity contribution in [1.29, 1.82) is 0 Å². The molecule has 0 radical (unpaired) electrons. The lowest BCUT2D eigenvalue weighted by Crippen LogP contribution is -2.33. The highest BCUT2D eigenvalue weighted by atomic mass is 16.4. The molecule has 5 heteroatoms. The van der Waals surface area contributed by atoms with E-state index in [9.17, 15) is 14.4 Å². The molecule has 0 aromatic heterocycles. The molecular weight excluding hydrogens is 210 g/mol. The van der Waals surface area contributed by atoms with E-state index in [0.717, 1.165) is 0 Å². The van der Waals surface area contributed by atoms with Crippen LogP contribution in [0.15, 0.2) is 16.1 Å². The Kier molecular flexibility index (Phi) is 2.81. The third-order valence-corrected chi connectivity index (χ3v) is 2.78. The highest BCUT2D eigenvalue weighted by molar-refractivity contribution is 6.52. The molecule has 0 fully saturated rings. The van der Waals surface area contributed by atoms with Crippen LogP contribution < -0.4 is 0 Å². The monoisotopic (exact) mass is 223 g/mol. The van der Waals surface area contributed by atoms with E-state index in [2.05, 4.69) is 4.99 Å². The second-order valence-electron chi connectivity index (χ2n) is 3.95. The standard InChI is InChI=1S/C11H13NO4/c1-5-8(6(2)13)9(7(3)14)12-11(5,4)10(15)16/h1-4H3,(H,15,16). The summed E-state index contributed by atoms with van der Waals surface area (Å²) in [5, 5.41) is 9.08. The van der Waals surface area contributed by atoms with Gasteiger partial charge in [-0.3, -0.25) is 14.6 Å². The first-order valence-corrected chi connectivity index (χ1v) is 4.78. The summed E-state index contributed by atoms with van der Waals surface area (Å²) in [7, 11) is 0. The molecule has 1 N–H and O–H groups in total. The van der Waals surface area contributed by atoms with Gasteiger partial charge in [0.1, 0.15) is 5.71 Å². The van der Waals surface area contributed by atoms with Crippen LogP contribution in [0.3, 0.4) is 0 Å². The van der Waals surface area contributed by atoms with Crippen LogP contribution in [0.1, 0.15) is 27.7 Å². The maximum Gasteiger partial charge on any atom is 0.335 e. The molecule has 5 nitrogen and oxygen atoms in total. The third kappa shape index (κ3) is 1.58. The van der Waals surface area contributed by atoms with E-state index in [4.69, 9.17) is 5.11 Å². The van der Waals surface area contributed by atoms with Crippen molar-refractivity contribution < 1.29 is 19.5 Å². The zero-order valence-electron chi connectivity index (χ0n) is 9.62. The van der Waals surface area contributed by atoms with Crippen LogP contribution in [-0.4, -0.2) is 33.9 Å². The van der Waals surface area contributed by atoms with Crippen molar-refractivity contribution in [3.05, 3.63) is 11.1 Å². The summed E-state index contributed by atoms with van der Waals surface area (Å²) < 4.78 is 0. The molecule has 16 heavy (non-hydrogen) atoms. The molecule has 0 aromatic carbocycles. The van der Waals surface area contributed by atoms with Crippen molar-refractivity contribution in [3.8, 4) is 0 Å². The first-order valence-electron chi connectivity index (χ1n) is 4.78. The number of rotatable bonds is 3. The van der Waals surface area contributed by atoms with Gasteiger partial charge >= 0.3 is 5.97 Å². The second kappa shape index (κ2) is 3.66. The highest BCUT2D eigenvalue weighted by Gasteiger charge is 2.44. The van der Waals surface area contributed by atoms with Crippen molar-refractivity contribution in [2.24, 2.45) is 4.99 Å². The summed E-state index contributed by atoms with van der Waals surface area (Å²) in [4.78, 5) is 37.7. The quantitative estimate of drug-likeness (QED) is 0.766. The largest absolute Gasteiger partial charge is 0.479 e. The van der Waals surface area contributed by atoms with Crippen LogP contribution in [-0.2, 0) is 14.4 Å². The number of aliphatic imine (C=N–C) groups is 1. The smallest absolute Gasteiger partial charge is 0.335 e. The number of nitrogens with zero attached hydrogens (tertiary/aromatic N) is 1. The maximum absolute atomic E-state index is 11.4. The van der Waals surface area contributed by atoms with Crippen LogP contribution in [0.5, 0.6) is 0 Å². The van der Waals surface area contributed by atoms with E-state index in [0.29, 0.717) is 5.57 Å². The van der Waals surface area contributed by atoms with Gasteiger partial charge < -0.3 is 5.11 Å². The molecule has 0 aromatic rings. The summed E-state index contributed by atoms with van der Waals surface area (Å²) in [6.07, 6.45) is 0. The minimum Gasteiger partial charge on any atom is -0.479 e. The molecule has 0 spiro atoms. The average Bonchev–Trinajstić information content (AvgIpc) is 2.41. The number of ketones is 2. The Morgan fingerprint density at radius 1 is 1.19 bits per heavy atom. The molecule has 1 atom stereocenters. The molecule has 0 aliphatic carbocycles. The van der Waals surface area contributed by atoms with Crippen molar-refractivity contribution in [2.75, 3.05) is 0 Å². The molecule has 1 aliphatic heterocycles. The molecule has 1 rings (SSSR count). The summed E-state index contributed by atoms with van der Waals surface area (Å²) in [6, 6.07) is 0. The molecule has 0 saturated heterocycles. The number of carboxylic acid groups (broad SMARTS) is 1. The Labute approximate surface area is 92.9 Å². The first-order chi connectivity index (χ1) is 7.21. The third-order valence-electron chi connectivity index (χ3n) is 2.78. The van der Waals surface area contributed by atoms with Gasteiger partial charge in [-0.25, -0.2) is 4.79 Å². The van der Waals surface area contributed by atoms with E-state index in [1.807, 2.05) is 0 Å². The number of carboxylic acids is 1. The van der Waals surface area contributed by atoms with Gasteiger partial charge in [-0.2, -0.15) is 0 Å². The van der Waals surface area contributed by atoms with Gasteiger partial charge in [0.15, 0.2) is 17.1 Å². The number of aliphatic carboxylic acids is 1. The van der Waals surface area contributed by atoms with E-state index in [-0.39, 0.29) is 17.1 Å².